The van der Waals surface area contributed by atoms with Crippen LogP contribution in [0.3, 0.4) is 0 Å². The Labute approximate surface area is 109 Å². The third-order valence-corrected chi connectivity index (χ3v) is 2.81. The highest BCUT2D eigenvalue weighted by Gasteiger charge is 2.17. The summed E-state index contributed by atoms with van der Waals surface area (Å²) in [6.07, 6.45) is 2.90. The normalized spacial score (nSPS) is 17.9. The minimum Gasteiger partial charge on any atom is -0.495 e. The van der Waals surface area contributed by atoms with Gasteiger partial charge in [-0.05, 0) is 18.2 Å². The molecule has 1 aromatic carbocycles. The van der Waals surface area contributed by atoms with Crippen molar-refractivity contribution in [3.05, 3.63) is 34.9 Å². The molecule has 0 amide bonds. The number of hydrogen-bond donors (Lipinski definition) is 2. The lowest BCUT2D eigenvalue weighted by Crippen LogP contribution is -2.24. The molecule has 0 aromatic heterocycles. The molecule has 1 unspecified atom stereocenters. The SMILES string of the molecule is COc1cc(C2=CC(C(=O)O)N=CN2)ccc1Cl. The van der Waals surface area contributed by atoms with Crippen LogP contribution in [-0.2, 0) is 4.79 Å². The molecule has 1 atom stereocenters. The number of carboxylic acids is 1. The molecular formula is C12H11ClN2O3. The van der Waals surface area contributed by atoms with E-state index in [-0.39, 0.29) is 0 Å². The van der Waals surface area contributed by atoms with Gasteiger partial charge in [0.2, 0.25) is 0 Å². The summed E-state index contributed by atoms with van der Waals surface area (Å²) in [7, 11) is 1.52. The molecule has 0 saturated heterocycles. The first-order valence-corrected chi connectivity index (χ1v) is 5.56. The number of nitrogens with one attached hydrogen (secondary N) is 1. The van der Waals surface area contributed by atoms with Gasteiger partial charge in [0.05, 0.1) is 18.5 Å². The van der Waals surface area contributed by atoms with Crippen LogP contribution in [0.5, 0.6) is 5.75 Å². The molecule has 94 valence electrons. The second-order valence-electron chi connectivity index (χ2n) is 3.64. The highest BCUT2D eigenvalue weighted by molar-refractivity contribution is 6.32. The Bertz CT molecular complexity index is 540. The highest BCUT2D eigenvalue weighted by atomic mass is 35.5. The summed E-state index contributed by atoms with van der Waals surface area (Å²) in [6.45, 7) is 0. The number of halogens is 1. The highest BCUT2D eigenvalue weighted by Crippen LogP contribution is 2.28. The van der Waals surface area contributed by atoms with Gasteiger partial charge in [-0.15, -0.1) is 0 Å². The number of hydrogen-bond acceptors (Lipinski definition) is 4. The average Bonchev–Trinajstić information content (AvgIpc) is 2.39. The number of ether oxygens (including phenoxy) is 1. The van der Waals surface area contributed by atoms with E-state index in [1.807, 2.05) is 0 Å². The van der Waals surface area contributed by atoms with Crippen molar-refractivity contribution in [3.63, 3.8) is 0 Å². The number of nitrogens with zero attached hydrogens (tertiary/aromatic N) is 1. The van der Waals surface area contributed by atoms with E-state index in [4.69, 9.17) is 21.4 Å². The van der Waals surface area contributed by atoms with Crippen molar-refractivity contribution in [2.75, 3.05) is 7.11 Å². The van der Waals surface area contributed by atoms with E-state index in [1.165, 1.54) is 19.5 Å². The van der Waals surface area contributed by atoms with Crippen molar-refractivity contribution in [3.8, 4) is 5.75 Å². The van der Waals surface area contributed by atoms with Crippen LogP contribution in [0, 0.1) is 0 Å². The predicted octanol–water partition coefficient (Wildman–Crippen LogP) is 1.77. The van der Waals surface area contributed by atoms with Gasteiger partial charge < -0.3 is 15.2 Å². The Kier molecular flexibility index (Phi) is 3.53. The number of rotatable bonds is 3. The van der Waals surface area contributed by atoms with E-state index in [2.05, 4.69) is 10.3 Å². The zero-order valence-corrected chi connectivity index (χ0v) is 10.3. The molecule has 0 bridgehead atoms. The number of carbonyl (C=O) groups is 1. The van der Waals surface area contributed by atoms with Crippen molar-refractivity contribution in [1.29, 1.82) is 0 Å². The molecule has 5 nitrogen and oxygen atoms in total. The summed E-state index contributed by atoms with van der Waals surface area (Å²) in [5.41, 5.74) is 1.45. The van der Waals surface area contributed by atoms with Crippen LogP contribution in [-0.4, -0.2) is 30.6 Å². The Balaban J connectivity index is 2.34. The van der Waals surface area contributed by atoms with Gasteiger partial charge in [-0.25, -0.2) is 4.79 Å². The third kappa shape index (κ3) is 2.46. The standard InChI is InChI=1S/C12H11ClN2O3/c1-18-11-4-7(2-3-8(11)13)9-5-10(12(16)17)15-6-14-9/h2-6,10H,1H3,(H,14,15)(H,16,17). The second-order valence-corrected chi connectivity index (χ2v) is 4.04. The third-order valence-electron chi connectivity index (χ3n) is 2.49. The first-order valence-electron chi connectivity index (χ1n) is 5.18. The van der Waals surface area contributed by atoms with Crippen molar-refractivity contribution in [2.24, 2.45) is 4.99 Å². The maximum atomic E-state index is 10.9. The Morgan fingerprint density at radius 3 is 3.00 bits per heavy atom. The molecule has 0 fully saturated rings. The molecule has 1 heterocycles. The van der Waals surface area contributed by atoms with Crippen molar-refractivity contribution < 1.29 is 14.6 Å². The Morgan fingerprint density at radius 2 is 2.33 bits per heavy atom. The van der Waals surface area contributed by atoms with E-state index in [0.717, 1.165) is 5.56 Å². The summed E-state index contributed by atoms with van der Waals surface area (Å²) >= 11 is 5.93. The Morgan fingerprint density at radius 1 is 1.56 bits per heavy atom. The number of carboxylic acid groups (broad SMARTS) is 1. The number of benzene rings is 1. The van der Waals surface area contributed by atoms with Crippen LogP contribution < -0.4 is 10.1 Å². The molecule has 1 aromatic rings. The van der Waals surface area contributed by atoms with Crippen LogP contribution in [0.2, 0.25) is 5.02 Å². The maximum Gasteiger partial charge on any atom is 0.332 e. The summed E-state index contributed by atoms with van der Waals surface area (Å²) in [4.78, 5) is 14.7. The van der Waals surface area contributed by atoms with Gasteiger partial charge in [0.15, 0.2) is 6.04 Å². The molecule has 1 aliphatic rings. The van der Waals surface area contributed by atoms with E-state index >= 15 is 0 Å². The van der Waals surface area contributed by atoms with Gasteiger partial charge in [-0.3, -0.25) is 4.99 Å². The fourth-order valence-corrected chi connectivity index (χ4v) is 1.77. The maximum absolute atomic E-state index is 10.9. The van der Waals surface area contributed by atoms with Crippen LogP contribution in [0.4, 0.5) is 0 Å². The summed E-state index contributed by atoms with van der Waals surface area (Å²) in [6, 6.07) is 4.34. The first kappa shape index (κ1) is 12.4. The number of aliphatic imine (C=N–C) groups is 1. The fourth-order valence-electron chi connectivity index (χ4n) is 1.58. The van der Waals surface area contributed by atoms with Gasteiger partial charge >= 0.3 is 5.97 Å². The number of aliphatic carboxylic acids is 1. The zero-order valence-electron chi connectivity index (χ0n) is 9.55. The minimum absolute atomic E-state index is 0.501. The van der Waals surface area contributed by atoms with E-state index in [9.17, 15) is 4.79 Å². The molecular weight excluding hydrogens is 256 g/mol. The lowest BCUT2D eigenvalue weighted by atomic mass is 10.1. The smallest absolute Gasteiger partial charge is 0.332 e. The second kappa shape index (κ2) is 5.10. The van der Waals surface area contributed by atoms with E-state index < -0.39 is 12.0 Å². The molecule has 0 aliphatic carbocycles. The van der Waals surface area contributed by atoms with Gasteiger partial charge in [-0.1, -0.05) is 17.7 Å². The first-order chi connectivity index (χ1) is 8.61. The van der Waals surface area contributed by atoms with Crippen LogP contribution in [0.25, 0.3) is 5.70 Å². The monoisotopic (exact) mass is 266 g/mol. The molecule has 1 aliphatic heterocycles. The summed E-state index contributed by atoms with van der Waals surface area (Å²) in [5.74, 6) is -0.461. The molecule has 2 N–H and O–H groups in total. The summed E-state index contributed by atoms with van der Waals surface area (Å²) in [5, 5.41) is 12.3. The van der Waals surface area contributed by atoms with Crippen molar-refractivity contribution in [2.45, 2.75) is 6.04 Å². The van der Waals surface area contributed by atoms with Gasteiger partial charge in [0.1, 0.15) is 5.75 Å². The minimum atomic E-state index is -0.994. The van der Waals surface area contributed by atoms with Crippen LogP contribution >= 0.6 is 11.6 Å². The Hall–Kier alpha value is -2.01. The van der Waals surface area contributed by atoms with Crippen molar-refractivity contribution in [1.82, 2.24) is 5.32 Å². The topological polar surface area (TPSA) is 70.9 Å². The zero-order chi connectivity index (χ0) is 13.1. The van der Waals surface area contributed by atoms with Crippen molar-refractivity contribution >= 4 is 29.6 Å². The molecule has 6 heteroatoms. The summed E-state index contributed by atoms with van der Waals surface area (Å²) < 4.78 is 5.11. The predicted molar refractivity (Wildman–Crippen MR) is 69.0 cm³/mol. The van der Waals surface area contributed by atoms with Gasteiger partial charge in [-0.2, -0.15) is 0 Å². The largest absolute Gasteiger partial charge is 0.495 e. The van der Waals surface area contributed by atoms with Gasteiger partial charge in [0.25, 0.3) is 0 Å². The molecule has 18 heavy (non-hydrogen) atoms. The van der Waals surface area contributed by atoms with E-state index in [0.29, 0.717) is 16.5 Å². The number of methoxy groups -OCH3 is 1. The molecule has 2 rings (SSSR count). The quantitative estimate of drug-likeness (QED) is 0.875. The van der Waals surface area contributed by atoms with Crippen LogP contribution in [0.15, 0.2) is 29.3 Å². The molecule has 0 saturated carbocycles. The molecule has 0 spiro atoms. The lowest BCUT2D eigenvalue weighted by molar-refractivity contribution is -0.137. The fraction of sp³-hybridized carbons (Fsp3) is 0.167. The average molecular weight is 267 g/mol. The van der Waals surface area contributed by atoms with E-state index in [1.54, 1.807) is 18.2 Å². The lowest BCUT2D eigenvalue weighted by Gasteiger charge is -2.15. The molecule has 0 radical (unpaired) electrons. The van der Waals surface area contributed by atoms with Crippen LogP contribution in [0.1, 0.15) is 5.56 Å². The van der Waals surface area contributed by atoms with Gasteiger partial charge in [0, 0.05) is 11.3 Å².